The molecular weight excluding hydrogens is 226 g/mol. The topological polar surface area (TPSA) is 50.6 Å². The molecule has 0 amide bonds. The Hall–Kier alpha value is -1.39. The predicted octanol–water partition coefficient (Wildman–Crippen LogP) is 1.01. The van der Waals surface area contributed by atoms with Gasteiger partial charge >= 0.3 is 0 Å². The van der Waals surface area contributed by atoms with Crippen LogP contribution in [-0.4, -0.2) is 60.1 Å². The van der Waals surface area contributed by atoms with Crippen LogP contribution in [0.15, 0.2) is 30.3 Å². The number of amidine groups is 1. The lowest BCUT2D eigenvalue weighted by Crippen LogP contribution is -2.35. The van der Waals surface area contributed by atoms with Crippen molar-refractivity contribution in [2.75, 3.05) is 39.3 Å². The normalized spacial score (nSPS) is 17.5. The van der Waals surface area contributed by atoms with E-state index in [-0.39, 0.29) is 6.61 Å². The van der Waals surface area contributed by atoms with Crippen molar-refractivity contribution in [1.82, 2.24) is 9.80 Å². The average molecular weight is 247 g/mol. The molecule has 1 aromatic rings. The van der Waals surface area contributed by atoms with Crippen LogP contribution in [0, 0.1) is 5.41 Å². The smallest absolute Gasteiger partial charge is 0.128 e. The van der Waals surface area contributed by atoms with Crippen LogP contribution in [0.1, 0.15) is 12.0 Å². The summed E-state index contributed by atoms with van der Waals surface area (Å²) >= 11 is 0. The number of β-amino-alcohol motifs (C(OH)–C–C–N with tert-alkyl or cyclic N) is 1. The van der Waals surface area contributed by atoms with E-state index in [1.54, 1.807) is 0 Å². The second-order valence-electron chi connectivity index (χ2n) is 4.62. The molecule has 0 aromatic heterocycles. The highest BCUT2D eigenvalue weighted by Gasteiger charge is 2.17. The van der Waals surface area contributed by atoms with E-state index in [2.05, 4.69) is 9.80 Å². The Labute approximate surface area is 108 Å². The van der Waals surface area contributed by atoms with Gasteiger partial charge in [-0.2, -0.15) is 0 Å². The Morgan fingerprint density at radius 2 is 1.89 bits per heavy atom. The van der Waals surface area contributed by atoms with E-state index >= 15 is 0 Å². The van der Waals surface area contributed by atoms with Crippen molar-refractivity contribution in [2.45, 2.75) is 6.42 Å². The first-order valence-corrected chi connectivity index (χ1v) is 6.53. The molecule has 4 heteroatoms. The van der Waals surface area contributed by atoms with Gasteiger partial charge in [0.1, 0.15) is 5.84 Å². The number of aliphatic hydroxyl groups excluding tert-OH is 1. The summed E-state index contributed by atoms with van der Waals surface area (Å²) in [6.07, 6.45) is 1.05. The van der Waals surface area contributed by atoms with Gasteiger partial charge in [0.15, 0.2) is 0 Å². The lowest BCUT2D eigenvalue weighted by molar-refractivity contribution is 0.201. The van der Waals surface area contributed by atoms with E-state index in [0.29, 0.717) is 5.84 Å². The molecular formula is C14H21N3O. The minimum Gasteiger partial charge on any atom is -0.395 e. The Morgan fingerprint density at radius 3 is 2.61 bits per heavy atom. The van der Waals surface area contributed by atoms with Crippen LogP contribution in [0.4, 0.5) is 0 Å². The number of aliphatic hydroxyl groups is 1. The van der Waals surface area contributed by atoms with Gasteiger partial charge in [0.25, 0.3) is 0 Å². The SMILES string of the molecule is N=C(c1ccccc1)N1CCCN(CCO)CC1. The molecule has 0 unspecified atom stereocenters. The van der Waals surface area contributed by atoms with Crippen LogP contribution in [0.5, 0.6) is 0 Å². The third-order valence-corrected chi connectivity index (χ3v) is 3.37. The Balaban J connectivity index is 1.96. The summed E-state index contributed by atoms with van der Waals surface area (Å²) in [7, 11) is 0. The van der Waals surface area contributed by atoms with E-state index in [0.717, 1.165) is 44.7 Å². The summed E-state index contributed by atoms with van der Waals surface area (Å²) in [4.78, 5) is 4.39. The van der Waals surface area contributed by atoms with Crippen molar-refractivity contribution >= 4 is 5.84 Å². The molecule has 2 N–H and O–H groups in total. The van der Waals surface area contributed by atoms with Gasteiger partial charge in [-0.3, -0.25) is 10.3 Å². The number of hydrogen-bond acceptors (Lipinski definition) is 3. The van der Waals surface area contributed by atoms with Gasteiger partial charge in [0.05, 0.1) is 6.61 Å². The molecule has 0 aliphatic carbocycles. The van der Waals surface area contributed by atoms with Gasteiger partial charge in [-0.25, -0.2) is 0 Å². The second kappa shape index (κ2) is 6.52. The first kappa shape index (κ1) is 13.1. The quantitative estimate of drug-likeness (QED) is 0.619. The van der Waals surface area contributed by atoms with Gasteiger partial charge in [-0.15, -0.1) is 0 Å². The molecule has 98 valence electrons. The van der Waals surface area contributed by atoms with Crippen LogP contribution in [0.2, 0.25) is 0 Å². The number of rotatable bonds is 3. The summed E-state index contributed by atoms with van der Waals surface area (Å²) in [5.74, 6) is 0.612. The van der Waals surface area contributed by atoms with Crippen LogP contribution >= 0.6 is 0 Å². The van der Waals surface area contributed by atoms with Crippen LogP contribution < -0.4 is 0 Å². The van der Waals surface area contributed by atoms with E-state index in [1.807, 2.05) is 30.3 Å². The highest BCUT2D eigenvalue weighted by Crippen LogP contribution is 2.08. The maximum Gasteiger partial charge on any atom is 0.128 e. The summed E-state index contributed by atoms with van der Waals surface area (Å²) in [5, 5.41) is 17.2. The van der Waals surface area contributed by atoms with Gasteiger partial charge < -0.3 is 10.0 Å². The fourth-order valence-electron chi connectivity index (χ4n) is 2.34. The zero-order valence-electron chi connectivity index (χ0n) is 10.7. The van der Waals surface area contributed by atoms with Crippen LogP contribution in [-0.2, 0) is 0 Å². The molecule has 0 atom stereocenters. The van der Waals surface area contributed by atoms with Gasteiger partial charge in [-0.1, -0.05) is 30.3 Å². The molecule has 0 bridgehead atoms. The molecule has 1 aliphatic rings. The lowest BCUT2D eigenvalue weighted by Gasteiger charge is -2.23. The summed E-state index contributed by atoms with van der Waals surface area (Å²) in [5.41, 5.74) is 0.980. The third-order valence-electron chi connectivity index (χ3n) is 3.37. The highest BCUT2D eigenvalue weighted by molar-refractivity contribution is 5.96. The van der Waals surface area contributed by atoms with E-state index < -0.39 is 0 Å². The van der Waals surface area contributed by atoms with Crippen molar-refractivity contribution in [3.8, 4) is 0 Å². The standard InChI is InChI=1S/C14H21N3O/c15-14(13-5-2-1-3-6-13)17-8-4-7-16(9-10-17)11-12-18/h1-3,5-6,15,18H,4,7-12H2. The van der Waals surface area contributed by atoms with Crippen molar-refractivity contribution in [1.29, 1.82) is 5.41 Å². The number of benzene rings is 1. The lowest BCUT2D eigenvalue weighted by atomic mass is 10.2. The zero-order valence-corrected chi connectivity index (χ0v) is 10.7. The Bertz CT molecular complexity index is 380. The van der Waals surface area contributed by atoms with Gasteiger partial charge in [0, 0.05) is 31.7 Å². The van der Waals surface area contributed by atoms with E-state index in [4.69, 9.17) is 10.5 Å². The summed E-state index contributed by atoms with van der Waals surface area (Å²) in [6, 6.07) is 9.89. The van der Waals surface area contributed by atoms with Crippen LogP contribution in [0.25, 0.3) is 0 Å². The maximum atomic E-state index is 8.97. The van der Waals surface area contributed by atoms with Gasteiger partial charge in [0.2, 0.25) is 0 Å². The molecule has 1 fully saturated rings. The maximum absolute atomic E-state index is 8.97. The predicted molar refractivity (Wildman–Crippen MR) is 73.0 cm³/mol. The largest absolute Gasteiger partial charge is 0.395 e. The minimum absolute atomic E-state index is 0.218. The molecule has 1 aromatic carbocycles. The fraction of sp³-hybridized carbons (Fsp3) is 0.500. The molecule has 2 rings (SSSR count). The summed E-state index contributed by atoms with van der Waals surface area (Å²) in [6.45, 7) is 4.70. The molecule has 1 saturated heterocycles. The van der Waals surface area contributed by atoms with Crippen molar-refractivity contribution in [2.24, 2.45) is 0 Å². The molecule has 18 heavy (non-hydrogen) atoms. The van der Waals surface area contributed by atoms with Crippen molar-refractivity contribution in [3.05, 3.63) is 35.9 Å². The number of hydrogen-bond donors (Lipinski definition) is 2. The minimum atomic E-state index is 0.218. The van der Waals surface area contributed by atoms with Crippen molar-refractivity contribution in [3.63, 3.8) is 0 Å². The van der Waals surface area contributed by atoms with E-state index in [9.17, 15) is 0 Å². The van der Waals surface area contributed by atoms with Crippen LogP contribution in [0.3, 0.4) is 0 Å². The zero-order chi connectivity index (χ0) is 12.8. The molecule has 4 nitrogen and oxygen atoms in total. The molecule has 1 aliphatic heterocycles. The molecule has 0 spiro atoms. The van der Waals surface area contributed by atoms with E-state index in [1.165, 1.54) is 0 Å². The molecule has 1 heterocycles. The number of nitrogens with zero attached hydrogens (tertiary/aromatic N) is 2. The monoisotopic (exact) mass is 247 g/mol. The Kier molecular flexibility index (Phi) is 4.73. The Morgan fingerprint density at radius 1 is 1.11 bits per heavy atom. The summed E-state index contributed by atoms with van der Waals surface area (Å²) < 4.78 is 0. The first-order valence-electron chi connectivity index (χ1n) is 6.53. The third kappa shape index (κ3) is 3.31. The second-order valence-corrected chi connectivity index (χ2v) is 4.62. The molecule has 0 saturated carbocycles. The van der Waals surface area contributed by atoms with Crippen molar-refractivity contribution < 1.29 is 5.11 Å². The number of nitrogens with one attached hydrogen (secondary N) is 1. The fourth-order valence-corrected chi connectivity index (χ4v) is 2.34. The molecule has 0 radical (unpaired) electrons. The van der Waals surface area contributed by atoms with Gasteiger partial charge in [-0.05, 0) is 13.0 Å². The highest BCUT2D eigenvalue weighted by atomic mass is 16.3. The first-order chi connectivity index (χ1) is 8.81. The average Bonchev–Trinajstić information content (AvgIpc) is 2.65.